The molecule has 0 spiro atoms. The second-order valence-corrected chi connectivity index (χ2v) is 5.89. The molecule has 1 aromatic heterocycles. The fraction of sp³-hybridized carbons (Fsp3) is 0.250. The highest BCUT2D eigenvalue weighted by Gasteiger charge is 2.20. The van der Waals surface area contributed by atoms with Crippen molar-refractivity contribution in [3.63, 3.8) is 0 Å². The number of guanidine groups is 1. The lowest BCUT2D eigenvalue weighted by molar-refractivity contribution is -0.104. The van der Waals surface area contributed by atoms with Crippen molar-refractivity contribution >= 4 is 34.8 Å². The van der Waals surface area contributed by atoms with Gasteiger partial charge in [-0.2, -0.15) is 0 Å². The third-order valence-corrected chi connectivity index (χ3v) is 3.94. The standard InChI is InChI=1S/C16H16Cl2N4O/c1-11-4-2-5-12(20-11)10-23-22-9-8-19-16(22)21-15-13(17)6-3-7-14(15)18/h2-7H,8-10H2,1H3,(H,19,21). The van der Waals surface area contributed by atoms with Gasteiger partial charge < -0.3 is 5.32 Å². The van der Waals surface area contributed by atoms with E-state index in [9.17, 15) is 0 Å². The predicted octanol–water partition coefficient (Wildman–Crippen LogP) is 3.91. The molecule has 120 valence electrons. The maximum absolute atomic E-state index is 6.17. The molecule has 3 rings (SSSR count). The SMILES string of the molecule is Cc1cccc(CON2CCN=C2Nc2c(Cl)cccc2Cl)n1. The summed E-state index contributed by atoms with van der Waals surface area (Å²) in [5, 5.41) is 5.91. The lowest BCUT2D eigenvalue weighted by Gasteiger charge is -2.21. The van der Waals surface area contributed by atoms with Gasteiger partial charge in [0.15, 0.2) is 0 Å². The molecule has 1 aromatic carbocycles. The summed E-state index contributed by atoms with van der Waals surface area (Å²) in [5.41, 5.74) is 2.45. The number of aryl methyl sites for hydroxylation is 1. The van der Waals surface area contributed by atoms with Crippen LogP contribution in [0.15, 0.2) is 41.4 Å². The smallest absolute Gasteiger partial charge is 0.223 e. The number of nitrogens with zero attached hydrogens (tertiary/aromatic N) is 3. The molecular weight excluding hydrogens is 335 g/mol. The number of rotatable bonds is 4. The molecule has 1 aliphatic rings. The van der Waals surface area contributed by atoms with Gasteiger partial charge >= 0.3 is 0 Å². The van der Waals surface area contributed by atoms with Crippen molar-refractivity contribution in [3.8, 4) is 0 Å². The van der Waals surface area contributed by atoms with Gasteiger partial charge in [-0.1, -0.05) is 35.3 Å². The van der Waals surface area contributed by atoms with Crippen LogP contribution in [0.25, 0.3) is 0 Å². The minimum Gasteiger partial charge on any atom is -0.322 e. The molecule has 2 aromatic rings. The van der Waals surface area contributed by atoms with Gasteiger partial charge in [-0.3, -0.25) is 9.82 Å². The van der Waals surface area contributed by atoms with Crippen molar-refractivity contribution < 1.29 is 4.84 Å². The Bertz CT molecular complexity index is 716. The van der Waals surface area contributed by atoms with Gasteiger partial charge in [0.2, 0.25) is 5.96 Å². The third-order valence-electron chi connectivity index (χ3n) is 3.31. The Kier molecular flexibility index (Phi) is 5.00. The van der Waals surface area contributed by atoms with E-state index in [1.54, 1.807) is 23.3 Å². The summed E-state index contributed by atoms with van der Waals surface area (Å²) in [6.45, 7) is 3.63. The number of hydrogen-bond acceptors (Lipinski definition) is 5. The topological polar surface area (TPSA) is 49.8 Å². The zero-order valence-corrected chi connectivity index (χ0v) is 14.1. The molecule has 0 unspecified atom stereocenters. The van der Waals surface area contributed by atoms with Gasteiger partial charge in [-0.25, -0.2) is 10.1 Å². The Hall–Kier alpha value is -1.82. The first kappa shape index (κ1) is 16.1. The van der Waals surface area contributed by atoms with E-state index >= 15 is 0 Å². The Labute approximate surface area is 144 Å². The number of hydroxylamine groups is 2. The van der Waals surface area contributed by atoms with Crippen LogP contribution >= 0.6 is 23.2 Å². The van der Waals surface area contributed by atoms with Gasteiger partial charge in [0.1, 0.15) is 6.61 Å². The first-order valence-electron chi connectivity index (χ1n) is 7.22. The average molecular weight is 351 g/mol. The van der Waals surface area contributed by atoms with Crippen molar-refractivity contribution in [1.82, 2.24) is 10.0 Å². The molecule has 0 saturated carbocycles. The number of para-hydroxylation sites is 1. The minimum absolute atomic E-state index is 0.374. The Morgan fingerprint density at radius 1 is 1.17 bits per heavy atom. The molecule has 0 atom stereocenters. The molecule has 2 heterocycles. The van der Waals surface area contributed by atoms with E-state index in [1.807, 2.05) is 25.1 Å². The number of nitrogens with one attached hydrogen (secondary N) is 1. The molecule has 0 saturated heterocycles. The van der Waals surface area contributed by atoms with Crippen LogP contribution in [0.2, 0.25) is 10.0 Å². The van der Waals surface area contributed by atoms with E-state index in [2.05, 4.69) is 15.3 Å². The van der Waals surface area contributed by atoms with E-state index in [1.165, 1.54) is 0 Å². The van der Waals surface area contributed by atoms with Crippen molar-refractivity contribution in [2.45, 2.75) is 13.5 Å². The fourth-order valence-corrected chi connectivity index (χ4v) is 2.70. The number of anilines is 1. The van der Waals surface area contributed by atoms with Crippen LogP contribution in [-0.4, -0.2) is 29.1 Å². The number of hydrogen-bond donors (Lipinski definition) is 1. The first-order valence-corrected chi connectivity index (χ1v) is 7.97. The number of pyridine rings is 1. The maximum Gasteiger partial charge on any atom is 0.223 e. The summed E-state index contributed by atoms with van der Waals surface area (Å²) in [4.78, 5) is 14.6. The van der Waals surface area contributed by atoms with Crippen LogP contribution in [0.5, 0.6) is 0 Å². The minimum atomic E-state index is 0.374. The zero-order chi connectivity index (χ0) is 16.2. The second kappa shape index (κ2) is 7.17. The maximum atomic E-state index is 6.17. The van der Waals surface area contributed by atoms with E-state index in [0.717, 1.165) is 11.4 Å². The van der Waals surface area contributed by atoms with E-state index in [4.69, 9.17) is 28.0 Å². The molecule has 7 heteroatoms. The number of benzene rings is 1. The van der Waals surface area contributed by atoms with Crippen LogP contribution in [0.1, 0.15) is 11.4 Å². The predicted molar refractivity (Wildman–Crippen MR) is 92.9 cm³/mol. The van der Waals surface area contributed by atoms with Crippen molar-refractivity contribution in [1.29, 1.82) is 0 Å². The summed E-state index contributed by atoms with van der Waals surface area (Å²) in [6.07, 6.45) is 0. The highest BCUT2D eigenvalue weighted by molar-refractivity contribution is 6.39. The number of halogens is 2. The van der Waals surface area contributed by atoms with Gasteiger partial charge in [0, 0.05) is 5.69 Å². The van der Waals surface area contributed by atoms with E-state index in [-0.39, 0.29) is 0 Å². The fourth-order valence-electron chi connectivity index (χ4n) is 2.21. The van der Waals surface area contributed by atoms with Crippen LogP contribution < -0.4 is 5.32 Å². The number of aliphatic imine (C=N–C) groups is 1. The van der Waals surface area contributed by atoms with Gasteiger partial charge in [0.05, 0.1) is 34.5 Å². The molecule has 1 N–H and O–H groups in total. The Balaban J connectivity index is 1.66. The largest absolute Gasteiger partial charge is 0.322 e. The quantitative estimate of drug-likeness (QED) is 0.907. The van der Waals surface area contributed by atoms with Crippen molar-refractivity contribution in [2.75, 3.05) is 18.4 Å². The normalized spacial score (nSPS) is 14.0. The highest BCUT2D eigenvalue weighted by atomic mass is 35.5. The lowest BCUT2D eigenvalue weighted by Crippen LogP contribution is -2.33. The molecule has 0 radical (unpaired) electrons. The molecule has 23 heavy (non-hydrogen) atoms. The van der Waals surface area contributed by atoms with Crippen LogP contribution in [0, 0.1) is 6.92 Å². The monoisotopic (exact) mass is 350 g/mol. The molecular formula is C16H16Cl2N4O. The molecule has 0 bridgehead atoms. The number of aromatic nitrogens is 1. The summed E-state index contributed by atoms with van der Waals surface area (Å²) >= 11 is 12.3. The van der Waals surface area contributed by atoms with E-state index < -0.39 is 0 Å². The summed E-state index contributed by atoms with van der Waals surface area (Å²) in [6, 6.07) is 11.2. The zero-order valence-electron chi connectivity index (χ0n) is 12.6. The van der Waals surface area contributed by atoms with Gasteiger partial charge in [-0.15, -0.1) is 0 Å². The highest BCUT2D eigenvalue weighted by Crippen LogP contribution is 2.30. The Morgan fingerprint density at radius 2 is 1.91 bits per heavy atom. The molecule has 0 amide bonds. The molecule has 0 fully saturated rings. The summed E-state index contributed by atoms with van der Waals surface area (Å²) in [7, 11) is 0. The average Bonchev–Trinajstić information content (AvgIpc) is 2.96. The second-order valence-electron chi connectivity index (χ2n) is 5.07. The van der Waals surface area contributed by atoms with Gasteiger partial charge in [0.25, 0.3) is 0 Å². The Morgan fingerprint density at radius 3 is 2.65 bits per heavy atom. The lowest BCUT2D eigenvalue weighted by atomic mass is 10.3. The summed E-state index contributed by atoms with van der Waals surface area (Å²) in [5.74, 6) is 0.590. The molecule has 0 aliphatic carbocycles. The first-order chi connectivity index (χ1) is 11.1. The van der Waals surface area contributed by atoms with Gasteiger partial charge in [-0.05, 0) is 31.2 Å². The van der Waals surface area contributed by atoms with Crippen LogP contribution in [0.4, 0.5) is 5.69 Å². The van der Waals surface area contributed by atoms with E-state index in [0.29, 0.717) is 41.4 Å². The van der Waals surface area contributed by atoms with Crippen LogP contribution in [0.3, 0.4) is 0 Å². The van der Waals surface area contributed by atoms with Crippen molar-refractivity contribution in [2.24, 2.45) is 4.99 Å². The van der Waals surface area contributed by atoms with Crippen molar-refractivity contribution in [3.05, 3.63) is 57.8 Å². The molecule has 5 nitrogen and oxygen atoms in total. The molecule has 1 aliphatic heterocycles. The third kappa shape index (κ3) is 3.93. The van der Waals surface area contributed by atoms with Crippen LogP contribution in [-0.2, 0) is 11.4 Å². The summed E-state index contributed by atoms with van der Waals surface area (Å²) < 4.78 is 0.